The summed E-state index contributed by atoms with van der Waals surface area (Å²) < 4.78 is 5.55. The number of imide groups is 1. The zero-order chi connectivity index (χ0) is 22.4. The van der Waals surface area contributed by atoms with E-state index < -0.39 is 11.8 Å². The first-order valence-electron chi connectivity index (χ1n) is 10.2. The Bertz CT molecular complexity index is 947. The monoisotopic (exact) mass is 426 g/mol. The normalized spacial score (nSPS) is 13.7. The predicted octanol–water partition coefficient (Wildman–Crippen LogP) is 1.85. The lowest BCUT2D eigenvalue weighted by molar-refractivity contribution is -0.139. The van der Waals surface area contributed by atoms with Gasteiger partial charge in [-0.25, -0.2) is 0 Å². The van der Waals surface area contributed by atoms with Crippen LogP contribution in [-0.4, -0.2) is 46.5 Å². The van der Waals surface area contributed by atoms with Crippen LogP contribution in [0, 0.1) is 0 Å². The van der Waals surface area contributed by atoms with E-state index in [1.54, 1.807) is 36.4 Å². The molecule has 2 aromatic rings. The van der Waals surface area contributed by atoms with Crippen LogP contribution in [0.15, 0.2) is 40.8 Å². The zero-order valence-corrected chi connectivity index (χ0v) is 17.6. The third kappa shape index (κ3) is 5.58. The van der Waals surface area contributed by atoms with Gasteiger partial charge in [0, 0.05) is 18.4 Å². The summed E-state index contributed by atoms with van der Waals surface area (Å²) >= 11 is 0. The molecule has 0 aliphatic carbocycles. The topological polar surface area (TPSA) is 112 Å². The average molecular weight is 426 g/mol. The summed E-state index contributed by atoms with van der Waals surface area (Å²) in [6.07, 6.45) is 0.483. The molecule has 31 heavy (non-hydrogen) atoms. The van der Waals surface area contributed by atoms with Crippen molar-refractivity contribution in [2.24, 2.45) is 0 Å². The molecule has 1 saturated heterocycles. The van der Waals surface area contributed by atoms with Crippen LogP contribution in [0.1, 0.15) is 58.9 Å². The van der Waals surface area contributed by atoms with Crippen LogP contribution in [0.5, 0.6) is 0 Å². The van der Waals surface area contributed by atoms with Crippen molar-refractivity contribution in [2.75, 3.05) is 13.1 Å². The van der Waals surface area contributed by atoms with Gasteiger partial charge in [-0.2, -0.15) is 0 Å². The summed E-state index contributed by atoms with van der Waals surface area (Å²) in [5.74, 6) is -0.645. The quantitative estimate of drug-likeness (QED) is 0.492. The second-order valence-corrected chi connectivity index (χ2v) is 7.21. The van der Waals surface area contributed by atoms with E-state index in [1.807, 2.05) is 13.8 Å². The Labute approximate surface area is 180 Å². The van der Waals surface area contributed by atoms with Gasteiger partial charge in [0.1, 0.15) is 5.76 Å². The number of amides is 4. The second kappa shape index (κ2) is 10.0. The van der Waals surface area contributed by atoms with E-state index in [0.717, 1.165) is 18.7 Å². The Morgan fingerprint density at radius 2 is 1.55 bits per heavy atom. The van der Waals surface area contributed by atoms with E-state index in [0.29, 0.717) is 17.9 Å². The van der Waals surface area contributed by atoms with Crippen LogP contribution in [0.2, 0.25) is 0 Å². The molecular formula is C22H26N4O5. The minimum Gasteiger partial charge on any atom is -0.454 e. The van der Waals surface area contributed by atoms with Crippen LogP contribution in [0.3, 0.4) is 0 Å². The van der Waals surface area contributed by atoms with Gasteiger partial charge in [-0.05, 0) is 42.9 Å². The molecule has 1 aromatic carbocycles. The number of carbonyl (C=O) groups is 4. The highest BCUT2D eigenvalue weighted by atomic mass is 16.4. The standard InChI is InChI=1S/C22H26N4O5/c1-3-25(4-2)14-17-9-10-18(31-17)22(30)24-23-21(29)16-7-5-15(6-8-16)13-26-19(27)11-12-20(26)28/h5-10H,3-4,11-14H2,1-2H3,(H,23,29)(H,24,30). The number of hydrogen-bond acceptors (Lipinski definition) is 6. The molecule has 2 heterocycles. The fraction of sp³-hybridized carbons (Fsp3) is 0.364. The fourth-order valence-electron chi connectivity index (χ4n) is 3.24. The smallest absolute Gasteiger partial charge is 0.305 e. The minimum atomic E-state index is -0.554. The molecule has 0 spiro atoms. The Balaban J connectivity index is 1.51. The molecule has 1 aliphatic heterocycles. The van der Waals surface area contributed by atoms with Crippen molar-refractivity contribution in [3.63, 3.8) is 0 Å². The average Bonchev–Trinajstić information content (AvgIpc) is 3.38. The summed E-state index contributed by atoms with van der Waals surface area (Å²) in [6, 6.07) is 9.77. The molecule has 0 saturated carbocycles. The number of nitrogens with one attached hydrogen (secondary N) is 2. The van der Waals surface area contributed by atoms with E-state index in [9.17, 15) is 19.2 Å². The van der Waals surface area contributed by atoms with Crippen LogP contribution >= 0.6 is 0 Å². The van der Waals surface area contributed by atoms with E-state index in [4.69, 9.17) is 4.42 Å². The van der Waals surface area contributed by atoms with Gasteiger partial charge in [0.25, 0.3) is 5.91 Å². The molecule has 0 atom stereocenters. The summed E-state index contributed by atoms with van der Waals surface area (Å²) in [4.78, 5) is 51.3. The number of likely N-dealkylation sites (tertiary alicyclic amines) is 1. The molecule has 1 aromatic heterocycles. The molecule has 9 heteroatoms. The Kier molecular flexibility index (Phi) is 7.19. The highest BCUT2D eigenvalue weighted by Crippen LogP contribution is 2.16. The highest BCUT2D eigenvalue weighted by Gasteiger charge is 2.28. The highest BCUT2D eigenvalue weighted by molar-refractivity contribution is 6.02. The maximum Gasteiger partial charge on any atom is 0.305 e. The number of carbonyl (C=O) groups excluding carboxylic acids is 4. The fourth-order valence-corrected chi connectivity index (χ4v) is 3.24. The Hall–Kier alpha value is -3.46. The third-order valence-corrected chi connectivity index (χ3v) is 5.16. The number of nitrogens with zero attached hydrogens (tertiary/aromatic N) is 2. The van der Waals surface area contributed by atoms with Crippen molar-refractivity contribution in [3.8, 4) is 0 Å². The Morgan fingerprint density at radius 1 is 0.935 bits per heavy atom. The number of rotatable bonds is 8. The van der Waals surface area contributed by atoms with Gasteiger partial charge in [-0.15, -0.1) is 0 Å². The van der Waals surface area contributed by atoms with Crippen LogP contribution in [0.25, 0.3) is 0 Å². The SMILES string of the molecule is CCN(CC)Cc1ccc(C(=O)NNC(=O)c2ccc(CN3C(=O)CCC3=O)cc2)o1. The molecule has 2 N–H and O–H groups in total. The van der Waals surface area contributed by atoms with Crippen molar-refractivity contribution in [1.82, 2.24) is 20.7 Å². The number of benzene rings is 1. The molecule has 0 radical (unpaired) electrons. The van der Waals surface area contributed by atoms with E-state index in [1.165, 1.54) is 4.90 Å². The van der Waals surface area contributed by atoms with E-state index in [-0.39, 0.29) is 37.0 Å². The third-order valence-electron chi connectivity index (χ3n) is 5.16. The number of hydrogen-bond donors (Lipinski definition) is 2. The largest absolute Gasteiger partial charge is 0.454 e. The van der Waals surface area contributed by atoms with Crippen molar-refractivity contribution < 1.29 is 23.6 Å². The van der Waals surface area contributed by atoms with Crippen molar-refractivity contribution >= 4 is 23.6 Å². The van der Waals surface area contributed by atoms with Crippen molar-refractivity contribution in [2.45, 2.75) is 39.8 Å². The van der Waals surface area contributed by atoms with Crippen LogP contribution in [-0.2, 0) is 22.7 Å². The maximum absolute atomic E-state index is 12.3. The minimum absolute atomic E-state index is 0.109. The van der Waals surface area contributed by atoms with E-state index in [2.05, 4.69) is 15.8 Å². The first-order chi connectivity index (χ1) is 14.9. The second-order valence-electron chi connectivity index (χ2n) is 7.21. The molecule has 4 amide bonds. The summed E-state index contributed by atoms with van der Waals surface area (Å²) in [7, 11) is 0. The molecular weight excluding hydrogens is 400 g/mol. The van der Waals surface area contributed by atoms with Gasteiger partial charge in [-0.3, -0.25) is 39.8 Å². The molecule has 3 rings (SSSR count). The van der Waals surface area contributed by atoms with Crippen LogP contribution in [0.4, 0.5) is 0 Å². The van der Waals surface area contributed by atoms with Crippen molar-refractivity contribution in [3.05, 3.63) is 59.0 Å². The van der Waals surface area contributed by atoms with E-state index >= 15 is 0 Å². The number of furan rings is 1. The lowest BCUT2D eigenvalue weighted by Crippen LogP contribution is -2.41. The number of hydrazine groups is 1. The summed E-state index contributed by atoms with van der Waals surface area (Å²) in [5, 5.41) is 0. The molecule has 164 valence electrons. The zero-order valence-electron chi connectivity index (χ0n) is 17.6. The maximum atomic E-state index is 12.3. The molecule has 1 aliphatic rings. The first-order valence-corrected chi connectivity index (χ1v) is 10.2. The Morgan fingerprint density at radius 3 is 2.16 bits per heavy atom. The first kappa shape index (κ1) is 22.2. The van der Waals surface area contributed by atoms with Gasteiger partial charge in [0.2, 0.25) is 11.8 Å². The summed E-state index contributed by atoms with van der Waals surface area (Å²) in [5.41, 5.74) is 5.74. The van der Waals surface area contributed by atoms with Gasteiger partial charge >= 0.3 is 5.91 Å². The molecule has 0 bridgehead atoms. The van der Waals surface area contributed by atoms with Gasteiger partial charge < -0.3 is 4.42 Å². The van der Waals surface area contributed by atoms with Gasteiger partial charge in [-0.1, -0.05) is 26.0 Å². The van der Waals surface area contributed by atoms with Crippen LogP contribution < -0.4 is 10.9 Å². The van der Waals surface area contributed by atoms with Gasteiger partial charge in [0.15, 0.2) is 5.76 Å². The summed E-state index contributed by atoms with van der Waals surface area (Å²) in [6.45, 7) is 6.63. The lowest BCUT2D eigenvalue weighted by atomic mass is 10.1. The molecule has 0 unspecified atom stereocenters. The lowest BCUT2D eigenvalue weighted by Gasteiger charge is -2.15. The molecule has 1 fully saturated rings. The molecule has 9 nitrogen and oxygen atoms in total. The predicted molar refractivity (Wildman–Crippen MR) is 111 cm³/mol. The van der Waals surface area contributed by atoms with Crippen molar-refractivity contribution in [1.29, 1.82) is 0 Å². The van der Waals surface area contributed by atoms with Gasteiger partial charge in [0.05, 0.1) is 13.1 Å².